The van der Waals surface area contributed by atoms with E-state index < -0.39 is 0 Å². The number of nitrogens with one attached hydrogen (secondary N) is 1. The monoisotopic (exact) mass is 306 g/mol. The fraction of sp³-hybridized carbons (Fsp3) is 0.647. The van der Waals surface area contributed by atoms with Gasteiger partial charge >= 0.3 is 0 Å². The van der Waals surface area contributed by atoms with Gasteiger partial charge in [0.15, 0.2) is 11.5 Å². The molecule has 0 aliphatic carbocycles. The number of piperidine rings is 1. The standard InChI is InChI=1S/C17H26N2O3/c20-8-7-19-5-3-14(4-6-19)12-18-13-15-1-2-16-17(11-15)22-10-9-21-16/h1-2,11,14,18,20H,3-10,12-13H2. The first-order valence-corrected chi connectivity index (χ1v) is 8.27. The predicted molar refractivity (Wildman–Crippen MR) is 85.4 cm³/mol. The van der Waals surface area contributed by atoms with Gasteiger partial charge in [-0.25, -0.2) is 0 Å². The van der Waals surface area contributed by atoms with Gasteiger partial charge in [-0.15, -0.1) is 0 Å². The number of rotatable bonds is 6. The highest BCUT2D eigenvalue weighted by molar-refractivity contribution is 5.43. The molecule has 0 amide bonds. The molecular formula is C17H26N2O3. The molecule has 0 atom stereocenters. The molecule has 0 aromatic heterocycles. The van der Waals surface area contributed by atoms with Crippen LogP contribution < -0.4 is 14.8 Å². The summed E-state index contributed by atoms with van der Waals surface area (Å²) in [6, 6.07) is 6.18. The van der Waals surface area contributed by atoms with Crippen LogP contribution in [0.5, 0.6) is 11.5 Å². The Hall–Kier alpha value is -1.30. The first kappa shape index (κ1) is 15.6. The first-order valence-electron chi connectivity index (χ1n) is 8.27. The number of hydrogen-bond acceptors (Lipinski definition) is 5. The number of nitrogens with zero attached hydrogens (tertiary/aromatic N) is 1. The maximum absolute atomic E-state index is 8.96. The minimum Gasteiger partial charge on any atom is -0.486 e. The summed E-state index contributed by atoms with van der Waals surface area (Å²) in [5, 5.41) is 12.5. The summed E-state index contributed by atoms with van der Waals surface area (Å²) in [5.74, 6) is 2.46. The zero-order valence-corrected chi connectivity index (χ0v) is 13.1. The Labute approximate surface area is 132 Å². The van der Waals surface area contributed by atoms with Crippen molar-refractivity contribution >= 4 is 0 Å². The molecule has 5 nitrogen and oxygen atoms in total. The van der Waals surface area contributed by atoms with Gasteiger partial charge in [-0.05, 0) is 56.1 Å². The number of benzene rings is 1. The van der Waals surface area contributed by atoms with Crippen molar-refractivity contribution in [3.05, 3.63) is 23.8 Å². The van der Waals surface area contributed by atoms with Gasteiger partial charge in [0.25, 0.3) is 0 Å². The van der Waals surface area contributed by atoms with E-state index in [-0.39, 0.29) is 6.61 Å². The van der Waals surface area contributed by atoms with Gasteiger partial charge in [0.1, 0.15) is 13.2 Å². The van der Waals surface area contributed by atoms with Gasteiger partial charge in [-0.3, -0.25) is 0 Å². The number of likely N-dealkylation sites (tertiary alicyclic amines) is 1. The van der Waals surface area contributed by atoms with Crippen LogP contribution in [0.2, 0.25) is 0 Å². The highest BCUT2D eigenvalue weighted by atomic mass is 16.6. The maximum Gasteiger partial charge on any atom is 0.161 e. The van der Waals surface area contributed by atoms with Gasteiger partial charge in [-0.1, -0.05) is 6.07 Å². The van der Waals surface area contributed by atoms with E-state index in [1.165, 1.54) is 18.4 Å². The third-order valence-corrected chi connectivity index (χ3v) is 4.49. The Morgan fingerprint density at radius 2 is 1.91 bits per heavy atom. The van der Waals surface area contributed by atoms with Crippen LogP contribution in [-0.4, -0.2) is 56.0 Å². The largest absolute Gasteiger partial charge is 0.486 e. The van der Waals surface area contributed by atoms with Crippen molar-refractivity contribution in [2.24, 2.45) is 5.92 Å². The molecule has 2 N–H and O–H groups in total. The maximum atomic E-state index is 8.96. The van der Waals surface area contributed by atoms with Gasteiger partial charge < -0.3 is 24.8 Å². The molecule has 0 unspecified atom stereocenters. The van der Waals surface area contributed by atoms with E-state index in [2.05, 4.69) is 22.3 Å². The van der Waals surface area contributed by atoms with Crippen LogP contribution in [0.25, 0.3) is 0 Å². The molecule has 3 rings (SSSR count). The quantitative estimate of drug-likeness (QED) is 0.828. The molecule has 0 saturated carbocycles. The molecule has 1 aromatic rings. The molecule has 5 heteroatoms. The van der Waals surface area contributed by atoms with Crippen LogP contribution in [0.3, 0.4) is 0 Å². The summed E-state index contributed by atoms with van der Waals surface area (Å²) in [4.78, 5) is 2.34. The predicted octanol–water partition coefficient (Wildman–Crippen LogP) is 1.25. The number of β-amino-alcohol motifs (C(OH)–C–C–N with tert-alkyl or cyclic N) is 1. The van der Waals surface area contributed by atoms with Crippen LogP contribution in [-0.2, 0) is 6.54 Å². The van der Waals surface area contributed by atoms with Gasteiger partial charge in [0, 0.05) is 13.1 Å². The highest BCUT2D eigenvalue weighted by Crippen LogP contribution is 2.30. The van der Waals surface area contributed by atoms with Crippen molar-refractivity contribution in [3.8, 4) is 11.5 Å². The zero-order valence-electron chi connectivity index (χ0n) is 13.1. The Morgan fingerprint density at radius 1 is 1.14 bits per heavy atom. The third kappa shape index (κ3) is 4.12. The first-order chi connectivity index (χ1) is 10.8. The summed E-state index contributed by atoms with van der Waals surface area (Å²) >= 11 is 0. The molecule has 0 bridgehead atoms. The number of aliphatic hydroxyl groups is 1. The Morgan fingerprint density at radius 3 is 2.68 bits per heavy atom. The zero-order chi connectivity index (χ0) is 15.2. The summed E-state index contributed by atoms with van der Waals surface area (Å²) in [6.07, 6.45) is 2.43. The number of fused-ring (bicyclic) bond motifs is 1. The van der Waals surface area contributed by atoms with E-state index in [1.807, 2.05) is 6.07 Å². The second kappa shape index (κ2) is 7.81. The van der Waals surface area contributed by atoms with Gasteiger partial charge in [0.2, 0.25) is 0 Å². The van der Waals surface area contributed by atoms with Crippen LogP contribution in [0.4, 0.5) is 0 Å². The fourth-order valence-corrected chi connectivity index (χ4v) is 3.17. The van der Waals surface area contributed by atoms with Crippen molar-refractivity contribution in [3.63, 3.8) is 0 Å². The minimum atomic E-state index is 0.271. The number of hydrogen-bond donors (Lipinski definition) is 2. The molecule has 0 radical (unpaired) electrons. The summed E-state index contributed by atoms with van der Waals surface area (Å²) in [6.45, 7) is 6.50. The Kier molecular flexibility index (Phi) is 5.53. The molecule has 1 aromatic carbocycles. The molecule has 22 heavy (non-hydrogen) atoms. The molecule has 1 fully saturated rings. The topological polar surface area (TPSA) is 54.0 Å². The lowest BCUT2D eigenvalue weighted by molar-refractivity contribution is 0.146. The second-order valence-corrected chi connectivity index (χ2v) is 6.12. The average molecular weight is 306 g/mol. The van der Waals surface area contributed by atoms with Crippen molar-refractivity contribution in [1.29, 1.82) is 0 Å². The Balaban J connectivity index is 1.40. The van der Waals surface area contributed by atoms with E-state index >= 15 is 0 Å². The lowest BCUT2D eigenvalue weighted by Gasteiger charge is -2.31. The van der Waals surface area contributed by atoms with E-state index in [1.54, 1.807) is 0 Å². The van der Waals surface area contributed by atoms with E-state index in [4.69, 9.17) is 14.6 Å². The summed E-state index contributed by atoms with van der Waals surface area (Å²) in [7, 11) is 0. The SMILES string of the molecule is OCCN1CCC(CNCc2ccc3c(c2)OCCO3)CC1. The lowest BCUT2D eigenvalue weighted by Crippen LogP contribution is -2.38. The van der Waals surface area contributed by atoms with Crippen molar-refractivity contribution in [2.75, 3.05) is 46.0 Å². The van der Waals surface area contributed by atoms with Crippen molar-refractivity contribution in [1.82, 2.24) is 10.2 Å². The molecular weight excluding hydrogens is 280 g/mol. The van der Waals surface area contributed by atoms with Crippen LogP contribution >= 0.6 is 0 Å². The van der Waals surface area contributed by atoms with Crippen LogP contribution in [0.15, 0.2) is 18.2 Å². The van der Waals surface area contributed by atoms with Gasteiger partial charge in [-0.2, -0.15) is 0 Å². The van der Waals surface area contributed by atoms with Gasteiger partial charge in [0.05, 0.1) is 6.61 Å². The van der Waals surface area contributed by atoms with Crippen LogP contribution in [0.1, 0.15) is 18.4 Å². The second-order valence-electron chi connectivity index (χ2n) is 6.12. The van der Waals surface area contributed by atoms with Crippen molar-refractivity contribution in [2.45, 2.75) is 19.4 Å². The molecule has 2 aliphatic heterocycles. The normalized spacial score (nSPS) is 19.3. The molecule has 122 valence electrons. The number of ether oxygens (including phenoxy) is 2. The van der Waals surface area contributed by atoms with E-state index in [0.717, 1.165) is 50.1 Å². The summed E-state index contributed by atoms with van der Waals surface area (Å²) < 4.78 is 11.2. The average Bonchev–Trinajstić information content (AvgIpc) is 2.57. The summed E-state index contributed by atoms with van der Waals surface area (Å²) in [5.41, 5.74) is 1.24. The third-order valence-electron chi connectivity index (χ3n) is 4.49. The Bertz CT molecular complexity index is 473. The van der Waals surface area contributed by atoms with E-state index in [0.29, 0.717) is 13.2 Å². The molecule has 1 saturated heterocycles. The minimum absolute atomic E-state index is 0.271. The highest BCUT2D eigenvalue weighted by Gasteiger charge is 2.18. The molecule has 2 aliphatic rings. The smallest absolute Gasteiger partial charge is 0.161 e. The molecule has 2 heterocycles. The number of aliphatic hydroxyl groups excluding tert-OH is 1. The van der Waals surface area contributed by atoms with Crippen molar-refractivity contribution < 1.29 is 14.6 Å². The fourth-order valence-electron chi connectivity index (χ4n) is 3.17. The van der Waals surface area contributed by atoms with E-state index in [9.17, 15) is 0 Å². The molecule has 0 spiro atoms. The van der Waals surface area contributed by atoms with Crippen LogP contribution in [0, 0.1) is 5.92 Å². The lowest BCUT2D eigenvalue weighted by atomic mass is 9.97.